The molecule has 4 rings (SSSR count). The van der Waals surface area contributed by atoms with Crippen LogP contribution in [0.2, 0.25) is 5.02 Å². The van der Waals surface area contributed by atoms with Gasteiger partial charge in [-0.05, 0) is 29.1 Å². The topological polar surface area (TPSA) is 60.0 Å². The van der Waals surface area contributed by atoms with E-state index in [1.807, 2.05) is 12.1 Å². The van der Waals surface area contributed by atoms with E-state index in [0.717, 1.165) is 31.9 Å². The van der Waals surface area contributed by atoms with Crippen molar-refractivity contribution in [3.05, 3.63) is 45.1 Å². The lowest BCUT2D eigenvalue weighted by Gasteiger charge is -2.34. The Labute approximate surface area is 173 Å². The van der Waals surface area contributed by atoms with Crippen molar-refractivity contribution in [2.45, 2.75) is 12.5 Å². The maximum atomic E-state index is 12.6. The number of hydrogen-bond acceptors (Lipinski definition) is 6. The summed E-state index contributed by atoms with van der Waals surface area (Å²) in [5.74, 6) is 1.12. The lowest BCUT2D eigenvalue weighted by molar-refractivity contribution is -0.120. The first-order chi connectivity index (χ1) is 13.7. The average molecular weight is 423 g/mol. The van der Waals surface area contributed by atoms with Crippen molar-refractivity contribution in [2.75, 3.05) is 46.1 Å². The molecule has 1 unspecified atom stereocenters. The second-order valence-electron chi connectivity index (χ2n) is 6.76. The Balaban J connectivity index is 1.39. The van der Waals surface area contributed by atoms with Gasteiger partial charge in [-0.25, -0.2) is 0 Å². The number of rotatable bonds is 6. The summed E-state index contributed by atoms with van der Waals surface area (Å²) in [5, 5.41) is 5.63. The van der Waals surface area contributed by atoms with Gasteiger partial charge in [-0.3, -0.25) is 9.69 Å². The molecule has 1 aromatic heterocycles. The summed E-state index contributed by atoms with van der Waals surface area (Å²) in [5.41, 5.74) is 0.811. The molecular formula is C20H23ClN2O4S. The molecule has 1 fully saturated rings. The van der Waals surface area contributed by atoms with Gasteiger partial charge < -0.3 is 19.5 Å². The summed E-state index contributed by atoms with van der Waals surface area (Å²) in [7, 11) is 0. The number of carbonyl (C=O) groups excluding carboxylic acids is 1. The number of halogens is 1. The van der Waals surface area contributed by atoms with Gasteiger partial charge in [0.1, 0.15) is 13.2 Å². The van der Waals surface area contributed by atoms with E-state index in [4.69, 9.17) is 25.8 Å². The normalized spacial score (nSPS) is 17.9. The fraction of sp³-hybridized carbons (Fsp3) is 0.450. The molecule has 2 aliphatic rings. The van der Waals surface area contributed by atoms with Crippen LogP contribution in [0.25, 0.3) is 0 Å². The van der Waals surface area contributed by atoms with Crippen LogP contribution in [-0.4, -0.2) is 56.9 Å². The summed E-state index contributed by atoms with van der Waals surface area (Å²) in [6, 6.07) is 7.94. The summed E-state index contributed by atoms with van der Waals surface area (Å²) in [6.07, 6.45) is 0.247. The highest BCUT2D eigenvalue weighted by Crippen LogP contribution is 2.38. The molecule has 6 nitrogen and oxygen atoms in total. The predicted octanol–water partition coefficient (Wildman–Crippen LogP) is 2.90. The third-order valence-electron chi connectivity index (χ3n) is 4.87. The van der Waals surface area contributed by atoms with Crippen LogP contribution in [0.4, 0.5) is 0 Å². The average Bonchev–Trinajstić information content (AvgIpc) is 3.23. The van der Waals surface area contributed by atoms with Crippen LogP contribution in [0.5, 0.6) is 11.5 Å². The van der Waals surface area contributed by atoms with Gasteiger partial charge in [0.2, 0.25) is 5.91 Å². The third-order valence-corrected chi connectivity index (χ3v) is 6.13. The molecule has 0 aliphatic carbocycles. The highest BCUT2D eigenvalue weighted by Gasteiger charge is 2.24. The molecule has 0 radical (unpaired) electrons. The van der Waals surface area contributed by atoms with Crippen molar-refractivity contribution in [3.63, 3.8) is 0 Å². The van der Waals surface area contributed by atoms with Crippen LogP contribution < -0.4 is 14.8 Å². The quantitative estimate of drug-likeness (QED) is 0.775. The first kappa shape index (κ1) is 19.5. The summed E-state index contributed by atoms with van der Waals surface area (Å²) in [4.78, 5) is 16.2. The zero-order valence-electron chi connectivity index (χ0n) is 15.5. The summed E-state index contributed by atoms with van der Waals surface area (Å²) in [6.45, 7) is 4.74. The lowest BCUT2D eigenvalue weighted by atomic mass is 10.1. The van der Waals surface area contributed by atoms with Crippen molar-refractivity contribution < 1.29 is 19.0 Å². The maximum Gasteiger partial charge on any atom is 0.224 e. The van der Waals surface area contributed by atoms with E-state index in [1.165, 1.54) is 4.88 Å². The Kier molecular flexibility index (Phi) is 6.36. The molecule has 2 aliphatic heterocycles. The number of thiophene rings is 1. The van der Waals surface area contributed by atoms with Gasteiger partial charge >= 0.3 is 0 Å². The standard InChI is InChI=1S/C20H23ClN2O4S/c21-15-10-14(11-17-20(15)27-8-7-26-17)12-19(24)22-13-16(18-2-1-9-28-18)23-3-5-25-6-4-23/h1-2,9-11,16H,3-8,12-13H2,(H,22,24). The second kappa shape index (κ2) is 9.13. The Bertz CT molecular complexity index is 809. The van der Waals surface area contributed by atoms with Crippen LogP contribution >= 0.6 is 22.9 Å². The number of hydrogen-bond donors (Lipinski definition) is 1. The fourth-order valence-electron chi connectivity index (χ4n) is 3.50. The minimum absolute atomic E-state index is 0.0393. The molecule has 1 aromatic carbocycles. The lowest BCUT2D eigenvalue weighted by Crippen LogP contribution is -2.43. The molecule has 0 spiro atoms. The van der Waals surface area contributed by atoms with E-state index in [0.29, 0.717) is 36.3 Å². The zero-order chi connectivity index (χ0) is 19.3. The predicted molar refractivity (Wildman–Crippen MR) is 109 cm³/mol. The SMILES string of the molecule is O=C(Cc1cc(Cl)c2c(c1)OCCO2)NCC(c1cccs1)N1CCOCC1. The van der Waals surface area contributed by atoms with Crippen molar-refractivity contribution >= 4 is 28.8 Å². The van der Waals surface area contributed by atoms with Crippen LogP contribution in [-0.2, 0) is 16.0 Å². The molecule has 8 heteroatoms. The van der Waals surface area contributed by atoms with Gasteiger partial charge in [-0.2, -0.15) is 0 Å². The Morgan fingerprint density at radius 1 is 1.21 bits per heavy atom. The van der Waals surface area contributed by atoms with Crippen molar-refractivity contribution in [2.24, 2.45) is 0 Å². The molecule has 0 saturated carbocycles. The largest absolute Gasteiger partial charge is 0.486 e. The Morgan fingerprint density at radius 2 is 2.04 bits per heavy atom. The van der Waals surface area contributed by atoms with Crippen LogP contribution in [0, 0.1) is 0 Å². The van der Waals surface area contributed by atoms with E-state index in [-0.39, 0.29) is 18.4 Å². The van der Waals surface area contributed by atoms with E-state index < -0.39 is 0 Å². The van der Waals surface area contributed by atoms with E-state index in [2.05, 4.69) is 21.7 Å². The first-order valence-corrected chi connectivity index (χ1v) is 10.7. The van der Waals surface area contributed by atoms with E-state index in [9.17, 15) is 4.79 Å². The number of nitrogens with one attached hydrogen (secondary N) is 1. The maximum absolute atomic E-state index is 12.6. The van der Waals surface area contributed by atoms with Gasteiger partial charge in [-0.15, -0.1) is 11.3 Å². The molecule has 1 N–H and O–H groups in total. The van der Waals surface area contributed by atoms with Gasteiger partial charge in [0.15, 0.2) is 11.5 Å². The zero-order valence-corrected chi connectivity index (χ0v) is 17.1. The number of benzene rings is 1. The number of morpholine rings is 1. The Morgan fingerprint density at radius 3 is 2.82 bits per heavy atom. The van der Waals surface area contributed by atoms with Gasteiger partial charge in [0.05, 0.1) is 30.7 Å². The van der Waals surface area contributed by atoms with Crippen molar-refractivity contribution in [1.82, 2.24) is 10.2 Å². The van der Waals surface area contributed by atoms with Gasteiger partial charge in [0.25, 0.3) is 0 Å². The van der Waals surface area contributed by atoms with Crippen molar-refractivity contribution in [1.29, 1.82) is 0 Å². The monoisotopic (exact) mass is 422 g/mol. The number of fused-ring (bicyclic) bond motifs is 1. The summed E-state index contributed by atoms with van der Waals surface area (Å²) < 4.78 is 16.6. The van der Waals surface area contributed by atoms with Gasteiger partial charge in [0, 0.05) is 24.5 Å². The molecule has 1 atom stereocenters. The first-order valence-electron chi connectivity index (χ1n) is 9.40. The number of ether oxygens (including phenoxy) is 3. The van der Waals surface area contributed by atoms with E-state index in [1.54, 1.807) is 17.4 Å². The molecule has 28 heavy (non-hydrogen) atoms. The second-order valence-corrected chi connectivity index (χ2v) is 8.15. The number of carbonyl (C=O) groups is 1. The minimum atomic E-state index is -0.0393. The smallest absolute Gasteiger partial charge is 0.224 e. The molecular weight excluding hydrogens is 400 g/mol. The fourth-order valence-corrected chi connectivity index (χ4v) is 4.65. The third kappa shape index (κ3) is 4.60. The summed E-state index contributed by atoms with van der Waals surface area (Å²) >= 11 is 7.99. The molecule has 1 amide bonds. The van der Waals surface area contributed by atoms with Crippen molar-refractivity contribution in [3.8, 4) is 11.5 Å². The number of amides is 1. The van der Waals surface area contributed by atoms with Crippen LogP contribution in [0.3, 0.4) is 0 Å². The molecule has 2 aromatic rings. The number of nitrogens with zero attached hydrogens (tertiary/aromatic N) is 1. The van der Waals surface area contributed by atoms with Gasteiger partial charge in [-0.1, -0.05) is 17.7 Å². The molecule has 0 bridgehead atoms. The Hall–Kier alpha value is -1.80. The highest BCUT2D eigenvalue weighted by atomic mass is 35.5. The molecule has 3 heterocycles. The molecule has 1 saturated heterocycles. The highest BCUT2D eigenvalue weighted by molar-refractivity contribution is 7.10. The van der Waals surface area contributed by atoms with E-state index >= 15 is 0 Å². The minimum Gasteiger partial charge on any atom is -0.486 e. The van der Waals surface area contributed by atoms with Crippen LogP contribution in [0.15, 0.2) is 29.6 Å². The molecule has 150 valence electrons. The van der Waals surface area contributed by atoms with Crippen LogP contribution in [0.1, 0.15) is 16.5 Å².